The summed E-state index contributed by atoms with van der Waals surface area (Å²) in [5.74, 6) is -0.940. The lowest BCUT2D eigenvalue weighted by molar-refractivity contribution is -0.160. The van der Waals surface area contributed by atoms with Crippen molar-refractivity contribution in [2.75, 3.05) is 13.2 Å². The van der Waals surface area contributed by atoms with E-state index in [1.54, 1.807) is 6.07 Å². The molecule has 0 aliphatic rings. The van der Waals surface area contributed by atoms with Crippen LogP contribution in [0.25, 0.3) is 0 Å². The molecule has 0 heterocycles. The highest BCUT2D eigenvalue weighted by Crippen LogP contribution is 2.32. The minimum absolute atomic E-state index is 0.0430. The Bertz CT molecular complexity index is 889. The van der Waals surface area contributed by atoms with Crippen LogP contribution in [0.2, 0.25) is 0 Å². The lowest BCUT2D eigenvalue weighted by Gasteiger charge is -2.27. The Balaban J connectivity index is 2.43. The van der Waals surface area contributed by atoms with E-state index >= 15 is 0 Å². The molecule has 0 radical (unpaired) electrons. The largest absolute Gasteiger partial charge is 0.504 e. The molecule has 0 saturated heterocycles. The van der Waals surface area contributed by atoms with Gasteiger partial charge in [0.25, 0.3) is 0 Å². The fourth-order valence-corrected chi connectivity index (χ4v) is 3.48. The molecule has 0 amide bonds. The molecule has 3 unspecified atom stereocenters. The minimum Gasteiger partial charge on any atom is -0.504 e. The molecule has 7 nitrogen and oxygen atoms in total. The summed E-state index contributed by atoms with van der Waals surface area (Å²) < 4.78 is 10.4. The van der Waals surface area contributed by atoms with E-state index in [-0.39, 0.29) is 37.1 Å². The summed E-state index contributed by atoms with van der Waals surface area (Å²) in [7, 11) is 0. The van der Waals surface area contributed by atoms with Crippen molar-refractivity contribution in [3.05, 3.63) is 47.6 Å². The number of aliphatic hydroxyl groups excluding tert-OH is 1. The van der Waals surface area contributed by atoms with Gasteiger partial charge in [-0.25, -0.2) is 0 Å². The Labute approximate surface area is 209 Å². The highest BCUT2D eigenvalue weighted by molar-refractivity contribution is 5.76. The number of hydrogen-bond donors (Lipinski definition) is 3. The van der Waals surface area contributed by atoms with E-state index in [1.165, 1.54) is 17.7 Å². The van der Waals surface area contributed by atoms with Crippen molar-refractivity contribution in [1.29, 1.82) is 0 Å². The maximum Gasteiger partial charge on any atom is 0.312 e. The topological polar surface area (TPSA) is 113 Å². The van der Waals surface area contributed by atoms with E-state index in [9.17, 15) is 24.9 Å². The van der Waals surface area contributed by atoms with Gasteiger partial charge in [-0.15, -0.1) is 0 Å². The summed E-state index contributed by atoms with van der Waals surface area (Å²) in [6.07, 6.45) is 4.50. The number of rotatable bonds is 15. The lowest BCUT2D eigenvalue weighted by Crippen LogP contribution is -2.33. The molecule has 7 heteroatoms. The van der Waals surface area contributed by atoms with Gasteiger partial charge in [0.1, 0.15) is 19.3 Å². The maximum atomic E-state index is 12.7. The molecule has 1 aromatic carbocycles. The van der Waals surface area contributed by atoms with Gasteiger partial charge in [-0.1, -0.05) is 43.7 Å². The van der Waals surface area contributed by atoms with Crippen LogP contribution in [0.15, 0.2) is 42.0 Å². The van der Waals surface area contributed by atoms with Crippen LogP contribution < -0.4 is 0 Å². The first kappa shape index (κ1) is 30.2. The molecule has 0 aromatic heterocycles. The van der Waals surface area contributed by atoms with Gasteiger partial charge in [0.05, 0.1) is 5.41 Å². The monoisotopic (exact) mass is 490 g/mol. The Kier molecular flexibility index (Phi) is 12.6. The summed E-state index contributed by atoms with van der Waals surface area (Å²) >= 11 is 0. The first-order valence-corrected chi connectivity index (χ1v) is 12.2. The SMILES string of the molecule is C=C(C)C(C)CC/C=C(/C)CC(C)(CC)C(=O)OCC(O)COC(=O)CCc1ccc(O)c(O)c1. The first-order chi connectivity index (χ1) is 16.4. The second-order valence-electron chi connectivity index (χ2n) is 9.72. The molecule has 0 spiro atoms. The number of aromatic hydroxyl groups is 2. The van der Waals surface area contributed by atoms with Crippen LogP contribution in [-0.2, 0) is 25.5 Å². The smallest absolute Gasteiger partial charge is 0.312 e. The zero-order chi connectivity index (χ0) is 26.6. The first-order valence-electron chi connectivity index (χ1n) is 12.2. The predicted molar refractivity (Wildman–Crippen MR) is 136 cm³/mol. The molecule has 1 rings (SSSR count). The number of phenolic OH excluding ortho intramolecular Hbond substituents is 2. The van der Waals surface area contributed by atoms with Crippen molar-refractivity contribution in [2.24, 2.45) is 11.3 Å². The van der Waals surface area contributed by atoms with E-state index < -0.39 is 17.5 Å². The summed E-state index contributed by atoms with van der Waals surface area (Å²) in [5, 5.41) is 28.9. The molecule has 1 aromatic rings. The van der Waals surface area contributed by atoms with Crippen LogP contribution in [0.1, 0.15) is 72.3 Å². The van der Waals surface area contributed by atoms with Crippen molar-refractivity contribution >= 4 is 11.9 Å². The Morgan fingerprint density at radius 1 is 1.14 bits per heavy atom. The molecular weight excluding hydrogens is 448 g/mol. The third-order valence-corrected chi connectivity index (χ3v) is 6.38. The Morgan fingerprint density at radius 2 is 1.80 bits per heavy atom. The molecule has 35 heavy (non-hydrogen) atoms. The molecular formula is C28H42O7. The molecule has 3 N–H and O–H groups in total. The van der Waals surface area contributed by atoms with Gasteiger partial charge in [0.15, 0.2) is 11.5 Å². The van der Waals surface area contributed by atoms with E-state index in [4.69, 9.17) is 9.47 Å². The van der Waals surface area contributed by atoms with Gasteiger partial charge in [0, 0.05) is 6.42 Å². The Hall–Kier alpha value is -2.80. The highest BCUT2D eigenvalue weighted by Gasteiger charge is 2.33. The van der Waals surface area contributed by atoms with E-state index in [1.807, 2.05) is 27.7 Å². The zero-order valence-electron chi connectivity index (χ0n) is 21.8. The summed E-state index contributed by atoms with van der Waals surface area (Å²) in [6.45, 7) is 13.4. The Morgan fingerprint density at radius 3 is 2.40 bits per heavy atom. The fourth-order valence-electron chi connectivity index (χ4n) is 3.48. The lowest BCUT2D eigenvalue weighted by atomic mass is 9.81. The molecule has 196 valence electrons. The number of carbonyl (C=O) groups is 2. The number of esters is 2. The van der Waals surface area contributed by atoms with Crippen molar-refractivity contribution < 1.29 is 34.4 Å². The van der Waals surface area contributed by atoms with Gasteiger partial charge in [0.2, 0.25) is 0 Å². The van der Waals surface area contributed by atoms with Crippen LogP contribution in [0.5, 0.6) is 11.5 Å². The van der Waals surface area contributed by atoms with Gasteiger partial charge in [-0.2, -0.15) is 0 Å². The van der Waals surface area contributed by atoms with Gasteiger partial charge in [-0.05, 0) is 76.5 Å². The second-order valence-corrected chi connectivity index (χ2v) is 9.72. The average Bonchev–Trinajstić information content (AvgIpc) is 2.81. The predicted octanol–water partition coefficient (Wildman–Crippen LogP) is 5.22. The fraction of sp³-hybridized carbons (Fsp3) is 0.571. The molecule has 3 atom stereocenters. The number of hydrogen-bond acceptors (Lipinski definition) is 7. The van der Waals surface area contributed by atoms with Crippen LogP contribution in [0.4, 0.5) is 0 Å². The van der Waals surface area contributed by atoms with Crippen molar-refractivity contribution in [3.63, 3.8) is 0 Å². The number of benzene rings is 1. The second kappa shape index (κ2) is 14.6. The van der Waals surface area contributed by atoms with Crippen molar-refractivity contribution in [1.82, 2.24) is 0 Å². The molecule has 0 aliphatic heterocycles. The van der Waals surface area contributed by atoms with Crippen molar-refractivity contribution in [2.45, 2.75) is 79.2 Å². The number of ether oxygens (including phenoxy) is 2. The normalized spacial score (nSPS) is 15.1. The van der Waals surface area contributed by atoms with Crippen molar-refractivity contribution in [3.8, 4) is 11.5 Å². The average molecular weight is 491 g/mol. The molecule has 0 aliphatic carbocycles. The third kappa shape index (κ3) is 11.0. The summed E-state index contributed by atoms with van der Waals surface area (Å²) in [4.78, 5) is 24.7. The minimum atomic E-state index is -1.12. The highest BCUT2D eigenvalue weighted by atomic mass is 16.6. The maximum absolute atomic E-state index is 12.7. The molecule has 0 bridgehead atoms. The summed E-state index contributed by atoms with van der Waals surface area (Å²) in [5.41, 5.74) is 2.25. The van der Waals surface area contributed by atoms with Crippen LogP contribution in [0, 0.1) is 11.3 Å². The molecule has 0 saturated carbocycles. The third-order valence-electron chi connectivity index (χ3n) is 6.38. The number of aliphatic hydroxyl groups is 1. The number of carbonyl (C=O) groups excluding carboxylic acids is 2. The standard InChI is InChI=1S/C28H42O7/c1-7-28(6,16-20(4)9-8-10-21(5)19(2)3)27(33)35-18-23(29)17-34-26(32)14-12-22-11-13-24(30)25(31)15-22/h9,11,13,15,21,23,29-31H,2,7-8,10,12,14,16-18H2,1,3-6H3/b20-9-. The molecule has 0 fully saturated rings. The number of allylic oxidation sites excluding steroid dienone is 3. The van der Waals surface area contributed by atoms with E-state index in [2.05, 4.69) is 19.6 Å². The van der Waals surface area contributed by atoms with Crippen LogP contribution >= 0.6 is 0 Å². The van der Waals surface area contributed by atoms with Gasteiger partial charge < -0.3 is 24.8 Å². The zero-order valence-corrected chi connectivity index (χ0v) is 21.8. The quantitative estimate of drug-likeness (QED) is 0.175. The van der Waals surface area contributed by atoms with Gasteiger partial charge >= 0.3 is 11.9 Å². The van der Waals surface area contributed by atoms with E-state index in [0.29, 0.717) is 30.7 Å². The summed E-state index contributed by atoms with van der Waals surface area (Å²) in [6, 6.07) is 4.32. The van der Waals surface area contributed by atoms with E-state index in [0.717, 1.165) is 18.4 Å². The van der Waals surface area contributed by atoms with Crippen LogP contribution in [0.3, 0.4) is 0 Å². The van der Waals surface area contributed by atoms with Gasteiger partial charge in [-0.3, -0.25) is 9.59 Å². The number of phenols is 2. The van der Waals surface area contributed by atoms with Crippen LogP contribution in [-0.4, -0.2) is 46.6 Å². The number of aryl methyl sites for hydroxylation is 1.